The molecule has 0 aromatic heterocycles. The van der Waals surface area contributed by atoms with Crippen LogP contribution in [0.25, 0.3) is 0 Å². The van der Waals surface area contributed by atoms with Gasteiger partial charge in [0, 0.05) is 13.1 Å². The molecule has 13 heavy (non-hydrogen) atoms. The van der Waals surface area contributed by atoms with E-state index in [1.807, 2.05) is 0 Å². The van der Waals surface area contributed by atoms with Crippen molar-refractivity contribution in [3.63, 3.8) is 0 Å². The SMILES string of the molecule is [B][C@@H]1OCC(OC)[C@@H]1NP(C)(=O)[O-]. The minimum absolute atomic E-state index is 0.308. The van der Waals surface area contributed by atoms with E-state index in [9.17, 15) is 9.46 Å². The monoisotopic (exact) mass is 204 g/mol. The third kappa shape index (κ3) is 3.07. The smallest absolute Gasteiger partial charge is 0.111 e. The van der Waals surface area contributed by atoms with Crippen molar-refractivity contribution >= 4 is 15.4 Å². The van der Waals surface area contributed by atoms with Gasteiger partial charge in [-0.1, -0.05) is 0 Å². The molecule has 1 rings (SSSR count). The normalized spacial score (nSPS) is 38.8. The molecule has 0 aliphatic carbocycles. The van der Waals surface area contributed by atoms with Crippen LogP contribution < -0.4 is 9.98 Å². The summed E-state index contributed by atoms with van der Waals surface area (Å²) in [5.74, 6) is 0. The molecule has 0 spiro atoms. The highest BCUT2D eigenvalue weighted by Crippen LogP contribution is 2.28. The first-order valence-corrected chi connectivity index (χ1v) is 5.97. The number of hydrogen-bond donors (Lipinski definition) is 1. The molecule has 1 saturated heterocycles. The van der Waals surface area contributed by atoms with Crippen molar-refractivity contribution in [1.29, 1.82) is 0 Å². The zero-order chi connectivity index (χ0) is 10.1. The summed E-state index contributed by atoms with van der Waals surface area (Å²) >= 11 is 0. The van der Waals surface area contributed by atoms with Crippen molar-refractivity contribution < 1.29 is 18.9 Å². The molecule has 74 valence electrons. The predicted molar refractivity (Wildman–Crippen MR) is 46.7 cm³/mol. The summed E-state index contributed by atoms with van der Waals surface area (Å²) in [5, 5.41) is 2.39. The van der Waals surface area contributed by atoms with E-state index in [1.165, 1.54) is 7.11 Å². The van der Waals surface area contributed by atoms with Gasteiger partial charge in [-0.15, -0.1) is 0 Å². The molecule has 1 heterocycles. The second-order valence-corrected chi connectivity index (χ2v) is 5.02. The molecule has 0 aromatic carbocycles. The highest BCUT2D eigenvalue weighted by atomic mass is 31.2. The maximum absolute atomic E-state index is 10.9. The van der Waals surface area contributed by atoms with Crippen molar-refractivity contribution in [3.8, 4) is 0 Å². The topological polar surface area (TPSA) is 70.6 Å². The maximum atomic E-state index is 10.9. The average Bonchev–Trinajstić information content (AvgIpc) is 2.30. The van der Waals surface area contributed by atoms with Gasteiger partial charge in [0.05, 0.1) is 26.3 Å². The van der Waals surface area contributed by atoms with E-state index < -0.39 is 19.6 Å². The first kappa shape index (κ1) is 11.2. The van der Waals surface area contributed by atoms with Crippen molar-refractivity contribution in [2.45, 2.75) is 18.1 Å². The number of rotatable bonds is 3. The molecule has 4 atom stereocenters. The zero-order valence-corrected chi connectivity index (χ0v) is 8.49. The summed E-state index contributed by atoms with van der Waals surface area (Å²) in [4.78, 5) is 10.9. The molecule has 1 N–H and O–H groups in total. The molecule has 0 bridgehead atoms. The van der Waals surface area contributed by atoms with E-state index in [0.29, 0.717) is 6.61 Å². The van der Waals surface area contributed by atoms with Gasteiger partial charge < -0.3 is 18.9 Å². The van der Waals surface area contributed by atoms with Crippen molar-refractivity contribution in [3.05, 3.63) is 0 Å². The van der Waals surface area contributed by atoms with Crippen molar-refractivity contribution in [1.82, 2.24) is 5.09 Å². The number of nitrogens with one attached hydrogen (secondary N) is 1. The quantitative estimate of drug-likeness (QED) is 0.455. The Morgan fingerprint density at radius 3 is 2.85 bits per heavy atom. The van der Waals surface area contributed by atoms with Crippen LogP contribution >= 0.6 is 7.52 Å². The van der Waals surface area contributed by atoms with Gasteiger partial charge in [0.25, 0.3) is 0 Å². The molecule has 2 unspecified atom stereocenters. The Balaban J connectivity index is 2.60. The lowest BCUT2D eigenvalue weighted by atomic mass is 9.92. The van der Waals surface area contributed by atoms with Gasteiger partial charge in [0.2, 0.25) is 0 Å². The van der Waals surface area contributed by atoms with E-state index in [4.69, 9.17) is 17.3 Å². The van der Waals surface area contributed by atoms with Crippen LogP contribution in [0.4, 0.5) is 0 Å². The fraction of sp³-hybridized carbons (Fsp3) is 1.00. The molecule has 5 nitrogen and oxygen atoms in total. The first-order chi connectivity index (χ1) is 5.94. The lowest BCUT2D eigenvalue weighted by Crippen LogP contribution is -2.44. The van der Waals surface area contributed by atoms with E-state index in [2.05, 4.69) is 5.09 Å². The molecular formula is C6H12BNO4P-. The molecule has 0 amide bonds. The molecule has 0 saturated carbocycles. The van der Waals surface area contributed by atoms with Crippen LogP contribution in [0.15, 0.2) is 0 Å². The fourth-order valence-electron chi connectivity index (χ4n) is 1.27. The van der Waals surface area contributed by atoms with Crippen LogP contribution in [0.3, 0.4) is 0 Å². The standard InChI is InChI=1S/C6H13BNO4P/c1-11-4-3-12-6(7)5(4)8-13(2,9)10/h4-6H,3H2,1-2H3,(H2,8,9,10)/p-1/t4?,5-,6+/m0/s1. The Morgan fingerprint density at radius 2 is 2.38 bits per heavy atom. The molecule has 1 fully saturated rings. The largest absolute Gasteiger partial charge is 0.788 e. The summed E-state index contributed by atoms with van der Waals surface area (Å²) in [6, 6.07) is -1.12. The Hall–Kier alpha value is 0.135. The van der Waals surface area contributed by atoms with E-state index >= 15 is 0 Å². The number of ether oxygens (including phenoxy) is 2. The maximum Gasteiger partial charge on any atom is 0.111 e. The molecule has 0 aromatic rings. The van der Waals surface area contributed by atoms with Crippen LogP contribution in [0.2, 0.25) is 0 Å². The zero-order valence-electron chi connectivity index (χ0n) is 7.60. The Kier molecular flexibility index (Phi) is 3.54. The molecule has 1 aliphatic heterocycles. The average molecular weight is 204 g/mol. The van der Waals surface area contributed by atoms with Crippen LogP contribution in [0, 0.1) is 0 Å². The van der Waals surface area contributed by atoms with Gasteiger partial charge >= 0.3 is 0 Å². The van der Waals surface area contributed by atoms with Gasteiger partial charge in [-0.3, -0.25) is 5.09 Å². The van der Waals surface area contributed by atoms with Crippen molar-refractivity contribution in [2.24, 2.45) is 0 Å². The van der Waals surface area contributed by atoms with Gasteiger partial charge in [0.15, 0.2) is 0 Å². The lowest BCUT2D eigenvalue weighted by molar-refractivity contribution is -0.177. The number of hydrogen-bond acceptors (Lipinski definition) is 4. The summed E-state index contributed by atoms with van der Waals surface area (Å²) in [5.41, 5.74) is 0. The Labute approximate surface area is 78.7 Å². The summed E-state index contributed by atoms with van der Waals surface area (Å²) < 4.78 is 21.0. The van der Waals surface area contributed by atoms with Gasteiger partial charge in [0.1, 0.15) is 7.85 Å². The lowest BCUT2D eigenvalue weighted by Gasteiger charge is -2.28. The van der Waals surface area contributed by atoms with Crippen LogP contribution in [0.1, 0.15) is 0 Å². The second-order valence-electron chi connectivity index (χ2n) is 3.07. The number of methoxy groups -OCH3 is 1. The molecular weight excluding hydrogens is 192 g/mol. The second kappa shape index (κ2) is 4.11. The predicted octanol–water partition coefficient (Wildman–Crippen LogP) is -1.33. The highest BCUT2D eigenvalue weighted by molar-refractivity contribution is 7.53. The Morgan fingerprint density at radius 1 is 1.77 bits per heavy atom. The Bertz CT molecular complexity index is 221. The third-order valence-electron chi connectivity index (χ3n) is 1.89. The summed E-state index contributed by atoms with van der Waals surface area (Å²) in [6.07, 6.45) is -0.308. The minimum Gasteiger partial charge on any atom is -0.788 e. The van der Waals surface area contributed by atoms with Crippen molar-refractivity contribution in [2.75, 3.05) is 20.4 Å². The van der Waals surface area contributed by atoms with Crippen LogP contribution in [-0.2, 0) is 14.0 Å². The highest BCUT2D eigenvalue weighted by Gasteiger charge is 2.34. The van der Waals surface area contributed by atoms with E-state index in [-0.39, 0.29) is 6.10 Å². The minimum atomic E-state index is -3.54. The molecule has 7 heteroatoms. The van der Waals surface area contributed by atoms with E-state index in [0.717, 1.165) is 6.66 Å². The summed E-state index contributed by atoms with van der Waals surface area (Å²) in [6.45, 7) is 1.42. The fourth-order valence-corrected chi connectivity index (χ4v) is 2.12. The van der Waals surface area contributed by atoms with E-state index in [1.54, 1.807) is 0 Å². The summed E-state index contributed by atoms with van der Waals surface area (Å²) in [7, 11) is 3.48. The molecule has 2 radical (unpaired) electrons. The van der Waals surface area contributed by atoms with Gasteiger partial charge in [-0.2, -0.15) is 0 Å². The van der Waals surface area contributed by atoms with Crippen LogP contribution in [-0.4, -0.2) is 46.4 Å². The first-order valence-electron chi connectivity index (χ1n) is 3.90. The third-order valence-corrected chi connectivity index (χ3v) is 2.66. The van der Waals surface area contributed by atoms with Crippen LogP contribution in [0.5, 0.6) is 0 Å². The van der Waals surface area contributed by atoms with Gasteiger partial charge in [-0.25, -0.2) is 0 Å². The molecule has 1 aliphatic rings. The van der Waals surface area contributed by atoms with Gasteiger partial charge in [-0.05, 0) is 6.66 Å².